The molecule has 2 amide bonds. The number of carbonyl (C=O) groups is 2. The number of benzene rings is 2. The van der Waals surface area contributed by atoms with Gasteiger partial charge in [0.05, 0.1) is 19.9 Å². The number of nitrogens with two attached hydrogens (primary N) is 1. The van der Waals surface area contributed by atoms with E-state index >= 15 is 0 Å². The van der Waals surface area contributed by atoms with Crippen LogP contribution < -0.4 is 24.8 Å². The minimum atomic E-state index is -0.758. The van der Waals surface area contributed by atoms with Gasteiger partial charge in [-0.05, 0) is 31.0 Å². The van der Waals surface area contributed by atoms with Crippen LogP contribution in [0.1, 0.15) is 22.3 Å². The highest BCUT2D eigenvalue weighted by Gasteiger charge is 2.28. The molecule has 1 heterocycles. The van der Waals surface area contributed by atoms with Gasteiger partial charge in [-0.3, -0.25) is 9.59 Å². The Labute approximate surface area is 165 Å². The molecule has 7 nitrogen and oxygen atoms in total. The highest BCUT2D eigenvalue weighted by atomic mass is 19.1. The summed E-state index contributed by atoms with van der Waals surface area (Å²) in [7, 11) is 2.72. The molecule has 0 radical (unpaired) electrons. The van der Waals surface area contributed by atoms with Gasteiger partial charge in [-0.15, -0.1) is 0 Å². The summed E-state index contributed by atoms with van der Waals surface area (Å²) in [5.74, 6) is -2.19. The zero-order chi connectivity index (χ0) is 21.1. The van der Waals surface area contributed by atoms with Crippen LogP contribution in [0.25, 0.3) is 0 Å². The maximum Gasteiger partial charge on any atom is 0.258 e. The summed E-state index contributed by atoms with van der Waals surface area (Å²) in [6, 6.07) is 4.77. The van der Waals surface area contributed by atoms with Gasteiger partial charge in [0.25, 0.3) is 11.8 Å². The number of nitrogens with zero attached hydrogens (tertiary/aromatic N) is 1. The Morgan fingerprint density at radius 1 is 1.10 bits per heavy atom. The molecule has 1 aliphatic heterocycles. The molecule has 0 saturated carbocycles. The molecule has 9 heteroatoms. The zero-order valence-electron chi connectivity index (χ0n) is 16.0. The molecular weight excluding hydrogens is 386 g/mol. The second-order valence-corrected chi connectivity index (χ2v) is 6.41. The lowest BCUT2D eigenvalue weighted by Gasteiger charge is -2.30. The Balaban J connectivity index is 2.02. The summed E-state index contributed by atoms with van der Waals surface area (Å²) in [5, 5.41) is 0. The molecule has 2 aromatic carbocycles. The van der Waals surface area contributed by atoms with Gasteiger partial charge in [-0.2, -0.15) is 0 Å². The van der Waals surface area contributed by atoms with Crippen molar-refractivity contribution in [3.8, 4) is 17.2 Å². The van der Waals surface area contributed by atoms with Crippen molar-refractivity contribution in [1.82, 2.24) is 0 Å². The minimum absolute atomic E-state index is 0.112. The molecule has 29 heavy (non-hydrogen) atoms. The van der Waals surface area contributed by atoms with Gasteiger partial charge in [0.1, 0.15) is 11.6 Å². The van der Waals surface area contributed by atoms with Gasteiger partial charge in [0, 0.05) is 23.7 Å². The summed E-state index contributed by atoms with van der Waals surface area (Å²) in [6.07, 6.45) is 0.952. The van der Waals surface area contributed by atoms with Crippen molar-refractivity contribution in [1.29, 1.82) is 0 Å². The van der Waals surface area contributed by atoms with E-state index in [4.69, 9.17) is 19.9 Å². The Kier molecular flexibility index (Phi) is 5.86. The summed E-state index contributed by atoms with van der Waals surface area (Å²) in [4.78, 5) is 25.5. The minimum Gasteiger partial charge on any atom is -0.493 e. The number of carbonyl (C=O) groups excluding carboxylic acids is 2. The van der Waals surface area contributed by atoms with E-state index in [9.17, 15) is 18.4 Å². The molecule has 0 atom stereocenters. The third kappa shape index (κ3) is 4.08. The molecule has 0 fully saturated rings. The molecule has 0 spiro atoms. The second-order valence-electron chi connectivity index (χ2n) is 6.41. The molecule has 3 rings (SSSR count). The smallest absolute Gasteiger partial charge is 0.258 e. The number of rotatable bonds is 6. The standard InChI is InChI=1S/C20H20F2N2O5/c1-27-16-6-11(7-17(28-2)19(16)29-10-18(23)25)20(26)24-5-3-4-13-14(22)8-12(21)9-15(13)24/h6-9H,3-5,10H2,1-2H3,(H2,23,25). The largest absolute Gasteiger partial charge is 0.493 e. The first kappa shape index (κ1) is 20.4. The number of halogens is 2. The van der Waals surface area contributed by atoms with E-state index < -0.39 is 30.1 Å². The number of ether oxygens (including phenoxy) is 3. The maximum atomic E-state index is 14.1. The van der Waals surface area contributed by atoms with Gasteiger partial charge in [-0.25, -0.2) is 8.78 Å². The fraction of sp³-hybridized carbons (Fsp3) is 0.300. The summed E-state index contributed by atoms with van der Waals surface area (Å²) in [6.45, 7) is -0.0998. The molecule has 0 aromatic heterocycles. The average molecular weight is 406 g/mol. The highest BCUT2D eigenvalue weighted by molar-refractivity contribution is 6.07. The van der Waals surface area contributed by atoms with E-state index in [1.165, 1.54) is 31.3 Å². The number of methoxy groups -OCH3 is 2. The van der Waals surface area contributed by atoms with Crippen molar-refractivity contribution in [2.75, 3.05) is 32.3 Å². The number of hydrogen-bond acceptors (Lipinski definition) is 5. The molecule has 1 aliphatic rings. The van der Waals surface area contributed by atoms with Crippen molar-refractivity contribution in [3.63, 3.8) is 0 Å². The van der Waals surface area contributed by atoms with Crippen LogP contribution in [0.4, 0.5) is 14.5 Å². The fourth-order valence-corrected chi connectivity index (χ4v) is 3.27. The number of amides is 2. The van der Waals surface area contributed by atoms with E-state index in [2.05, 4.69) is 0 Å². The molecule has 2 aromatic rings. The monoisotopic (exact) mass is 406 g/mol. The van der Waals surface area contributed by atoms with Crippen LogP contribution >= 0.6 is 0 Å². The topological polar surface area (TPSA) is 91.1 Å². The van der Waals surface area contributed by atoms with E-state index in [0.29, 0.717) is 24.9 Å². The van der Waals surface area contributed by atoms with E-state index in [0.717, 1.165) is 12.1 Å². The van der Waals surface area contributed by atoms with Crippen LogP contribution in [0.15, 0.2) is 24.3 Å². The number of primary amides is 1. The molecule has 2 N–H and O–H groups in total. The van der Waals surface area contributed by atoms with Gasteiger partial charge in [0.15, 0.2) is 18.1 Å². The zero-order valence-corrected chi connectivity index (χ0v) is 16.0. The molecule has 0 bridgehead atoms. The Morgan fingerprint density at radius 2 is 1.76 bits per heavy atom. The van der Waals surface area contributed by atoms with Crippen LogP contribution in [-0.2, 0) is 11.2 Å². The predicted molar refractivity (Wildman–Crippen MR) is 101 cm³/mol. The van der Waals surface area contributed by atoms with Crippen LogP contribution in [0, 0.1) is 11.6 Å². The van der Waals surface area contributed by atoms with Crippen molar-refractivity contribution in [2.24, 2.45) is 5.73 Å². The van der Waals surface area contributed by atoms with Crippen LogP contribution in [0.2, 0.25) is 0 Å². The number of anilines is 1. The summed E-state index contributed by atoms with van der Waals surface area (Å²) >= 11 is 0. The van der Waals surface area contributed by atoms with Crippen molar-refractivity contribution < 1.29 is 32.6 Å². The highest BCUT2D eigenvalue weighted by Crippen LogP contribution is 2.40. The Hall–Kier alpha value is -3.36. The van der Waals surface area contributed by atoms with Gasteiger partial charge >= 0.3 is 0 Å². The summed E-state index contributed by atoms with van der Waals surface area (Å²) < 4.78 is 43.7. The SMILES string of the molecule is COc1cc(C(=O)N2CCCc3c(F)cc(F)cc32)cc(OC)c1OCC(N)=O. The fourth-order valence-electron chi connectivity index (χ4n) is 3.27. The van der Waals surface area contributed by atoms with Crippen LogP contribution in [0.5, 0.6) is 17.2 Å². The lowest BCUT2D eigenvalue weighted by Crippen LogP contribution is -2.36. The predicted octanol–water partition coefficient (Wildman–Crippen LogP) is 2.44. The maximum absolute atomic E-state index is 14.1. The molecular formula is C20H20F2N2O5. The van der Waals surface area contributed by atoms with Crippen LogP contribution in [0.3, 0.4) is 0 Å². The quantitative estimate of drug-likeness (QED) is 0.796. The molecule has 154 valence electrons. The Bertz CT molecular complexity index is 939. The molecule has 0 saturated heterocycles. The third-order valence-electron chi connectivity index (χ3n) is 4.55. The van der Waals surface area contributed by atoms with Crippen molar-refractivity contribution in [2.45, 2.75) is 12.8 Å². The Morgan fingerprint density at radius 3 is 2.34 bits per heavy atom. The number of fused-ring (bicyclic) bond motifs is 1. The average Bonchev–Trinajstić information content (AvgIpc) is 2.70. The van der Waals surface area contributed by atoms with E-state index in [1.54, 1.807) is 0 Å². The third-order valence-corrected chi connectivity index (χ3v) is 4.55. The second kappa shape index (κ2) is 8.34. The van der Waals surface area contributed by atoms with Gasteiger partial charge < -0.3 is 24.8 Å². The molecule has 0 unspecified atom stereocenters. The van der Waals surface area contributed by atoms with Gasteiger partial charge in [0.2, 0.25) is 5.75 Å². The first-order chi connectivity index (χ1) is 13.8. The summed E-state index contributed by atoms with van der Waals surface area (Å²) in [5.41, 5.74) is 5.77. The van der Waals surface area contributed by atoms with E-state index in [-0.39, 0.29) is 28.5 Å². The first-order valence-corrected chi connectivity index (χ1v) is 8.82. The van der Waals surface area contributed by atoms with Crippen LogP contribution in [-0.4, -0.2) is 39.2 Å². The van der Waals surface area contributed by atoms with Gasteiger partial charge in [-0.1, -0.05) is 0 Å². The first-order valence-electron chi connectivity index (χ1n) is 8.82. The van der Waals surface area contributed by atoms with E-state index in [1.807, 2.05) is 0 Å². The normalized spacial score (nSPS) is 12.9. The van der Waals surface area contributed by atoms with Crippen molar-refractivity contribution in [3.05, 3.63) is 47.0 Å². The van der Waals surface area contributed by atoms with Crippen molar-refractivity contribution >= 4 is 17.5 Å². The molecule has 0 aliphatic carbocycles. The lowest BCUT2D eigenvalue weighted by atomic mass is 9.99. The number of hydrogen-bond donors (Lipinski definition) is 1. The lowest BCUT2D eigenvalue weighted by molar-refractivity contribution is -0.120.